The second-order valence-electron chi connectivity index (χ2n) is 4.52. The zero-order valence-electron chi connectivity index (χ0n) is 9.66. The van der Waals surface area contributed by atoms with Crippen LogP contribution >= 0.6 is 0 Å². The van der Waals surface area contributed by atoms with E-state index in [1.807, 2.05) is 0 Å². The van der Waals surface area contributed by atoms with E-state index in [9.17, 15) is 0 Å². The summed E-state index contributed by atoms with van der Waals surface area (Å²) in [7, 11) is 2.16. The van der Waals surface area contributed by atoms with E-state index in [1.165, 1.54) is 18.7 Å². The lowest BCUT2D eigenvalue weighted by Gasteiger charge is -2.23. The highest BCUT2D eigenvalue weighted by Gasteiger charge is 2.25. The van der Waals surface area contributed by atoms with Crippen LogP contribution in [0.1, 0.15) is 33.1 Å². The van der Waals surface area contributed by atoms with Gasteiger partial charge in [-0.1, -0.05) is 13.8 Å². The first-order valence-electron chi connectivity index (χ1n) is 5.61. The van der Waals surface area contributed by atoms with Gasteiger partial charge in [-0.3, -0.25) is 4.99 Å². The van der Waals surface area contributed by atoms with Crippen molar-refractivity contribution in [2.75, 3.05) is 20.1 Å². The first-order valence-corrected chi connectivity index (χ1v) is 5.61. The molecule has 1 rings (SSSR count). The fourth-order valence-electron chi connectivity index (χ4n) is 2.08. The summed E-state index contributed by atoms with van der Waals surface area (Å²) in [5.74, 6) is 2.03. The number of rotatable bonds is 4. The van der Waals surface area contributed by atoms with Crippen LogP contribution in [0.25, 0.3) is 0 Å². The Morgan fingerprint density at radius 1 is 1.57 bits per heavy atom. The Labute approximate surface area is 87.4 Å². The second kappa shape index (κ2) is 5.35. The van der Waals surface area contributed by atoms with E-state index in [-0.39, 0.29) is 0 Å². The van der Waals surface area contributed by atoms with Crippen LogP contribution in [-0.4, -0.2) is 36.9 Å². The molecule has 0 bridgehead atoms. The van der Waals surface area contributed by atoms with Crippen LogP contribution in [0.2, 0.25) is 0 Å². The number of likely N-dealkylation sites (tertiary alicyclic amines) is 1. The second-order valence-corrected chi connectivity index (χ2v) is 4.52. The van der Waals surface area contributed by atoms with Gasteiger partial charge >= 0.3 is 0 Å². The molecular formula is C11H23N3. The normalized spacial score (nSPS) is 25.4. The van der Waals surface area contributed by atoms with Gasteiger partial charge < -0.3 is 10.6 Å². The first kappa shape index (κ1) is 11.5. The number of aliphatic imine (C=N–C) groups is 1. The molecule has 1 aliphatic rings. The van der Waals surface area contributed by atoms with Crippen molar-refractivity contribution in [3.8, 4) is 0 Å². The van der Waals surface area contributed by atoms with Crippen molar-refractivity contribution in [1.29, 1.82) is 0 Å². The number of nitrogens with two attached hydrogens (primary N) is 1. The molecule has 3 heteroatoms. The summed E-state index contributed by atoms with van der Waals surface area (Å²) in [6.45, 7) is 5.99. The van der Waals surface area contributed by atoms with Crippen LogP contribution in [-0.2, 0) is 0 Å². The fraction of sp³-hybridized carbons (Fsp3) is 0.909. The van der Waals surface area contributed by atoms with Gasteiger partial charge in [-0.15, -0.1) is 0 Å². The Kier molecular flexibility index (Phi) is 4.39. The molecule has 3 nitrogen and oxygen atoms in total. The molecule has 14 heavy (non-hydrogen) atoms. The lowest BCUT2D eigenvalue weighted by Crippen LogP contribution is -2.30. The Morgan fingerprint density at radius 2 is 2.29 bits per heavy atom. The molecule has 0 aliphatic carbocycles. The van der Waals surface area contributed by atoms with Gasteiger partial charge in [0.15, 0.2) is 0 Å². The third-order valence-electron chi connectivity index (χ3n) is 2.82. The van der Waals surface area contributed by atoms with Crippen LogP contribution in [0.4, 0.5) is 0 Å². The molecule has 0 aromatic heterocycles. The van der Waals surface area contributed by atoms with Gasteiger partial charge in [-0.05, 0) is 18.8 Å². The van der Waals surface area contributed by atoms with Crippen LogP contribution in [0.5, 0.6) is 0 Å². The van der Waals surface area contributed by atoms with Gasteiger partial charge in [-0.25, -0.2) is 0 Å². The zero-order valence-corrected chi connectivity index (χ0v) is 9.66. The van der Waals surface area contributed by atoms with E-state index in [2.05, 4.69) is 30.8 Å². The highest BCUT2D eigenvalue weighted by atomic mass is 15.2. The van der Waals surface area contributed by atoms with Crippen molar-refractivity contribution >= 4 is 5.84 Å². The average Bonchev–Trinajstić information content (AvgIpc) is 2.45. The van der Waals surface area contributed by atoms with Crippen molar-refractivity contribution < 1.29 is 0 Å². The third kappa shape index (κ3) is 2.98. The van der Waals surface area contributed by atoms with Crippen molar-refractivity contribution in [3.05, 3.63) is 0 Å². The van der Waals surface area contributed by atoms with Crippen LogP contribution in [0.3, 0.4) is 0 Å². The number of hydrogen-bond acceptors (Lipinski definition) is 2. The van der Waals surface area contributed by atoms with Gasteiger partial charge in [0.25, 0.3) is 0 Å². The van der Waals surface area contributed by atoms with Gasteiger partial charge in [0, 0.05) is 26.1 Å². The molecule has 1 heterocycles. The van der Waals surface area contributed by atoms with Gasteiger partial charge in [0.2, 0.25) is 0 Å². The molecule has 0 spiro atoms. The largest absolute Gasteiger partial charge is 0.360 e. The smallest absolute Gasteiger partial charge is 0.0990 e. The van der Waals surface area contributed by atoms with E-state index in [1.54, 1.807) is 0 Å². The maximum absolute atomic E-state index is 5.44. The predicted molar refractivity (Wildman–Crippen MR) is 61.6 cm³/mol. The summed E-state index contributed by atoms with van der Waals surface area (Å²) in [5.41, 5.74) is 5.44. The molecule has 1 atom stereocenters. The molecule has 0 radical (unpaired) electrons. The van der Waals surface area contributed by atoms with Crippen molar-refractivity contribution in [2.45, 2.75) is 39.2 Å². The van der Waals surface area contributed by atoms with E-state index >= 15 is 0 Å². The molecule has 1 fully saturated rings. The van der Waals surface area contributed by atoms with Gasteiger partial charge in [0.05, 0.1) is 12.4 Å². The Bertz CT molecular complexity index is 199. The van der Waals surface area contributed by atoms with Crippen LogP contribution in [0, 0.1) is 5.92 Å². The summed E-state index contributed by atoms with van der Waals surface area (Å²) in [5, 5.41) is 0. The first-order chi connectivity index (χ1) is 6.65. The number of nitrogens with zero attached hydrogens (tertiary/aromatic N) is 2. The van der Waals surface area contributed by atoms with Gasteiger partial charge in [-0.2, -0.15) is 0 Å². The molecule has 1 aliphatic heterocycles. The standard InChI is InChI=1S/C11H23N3/c1-9(2)8-10-4-5-11(14(10)3)13-7-6-12/h9-10H,4-8,12H2,1-3H3. The average molecular weight is 197 g/mol. The molecule has 0 amide bonds. The summed E-state index contributed by atoms with van der Waals surface area (Å²) in [6.07, 6.45) is 3.67. The maximum atomic E-state index is 5.44. The Balaban J connectivity index is 2.46. The van der Waals surface area contributed by atoms with Crippen LogP contribution < -0.4 is 5.73 Å². The zero-order chi connectivity index (χ0) is 10.6. The minimum atomic E-state index is 0.659. The fourth-order valence-corrected chi connectivity index (χ4v) is 2.08. The Hall–Kier alpha value is -0.570. The Morgan fingerprint density at radius 3 is 2.86 bits per heavy atom. The highest BCUT2D eigenvalue weighted by molar-refractivity contribution is 5.84. The summed E-state index contributed by atoms with van der Waals surface area (Å²) >= 11 is 0. The maximum Gasteiger partial charge on any atom is 0.0990 e. The van der Waals surface area contributed by atoms with Crippen molar-refractivity contribution in [2.24, 2.45) is 16.6 Å². The van der Waals surface area contributed by atoms with Crippen molar-refractivity contribution in [3.63, 3.8) is 0 Å². The molecule has 0 aromatic rings. The molecule has 1 saturated heterocycles. The predicted octanol–water partition coefficient (Wildman–Crippen LogP) is 1.48. The van der Waals surface area contributed by atoms with E-state index in [4.69, 9.17) is 5.73 Å². The quantitative estimate of drug-likeness (QED) is 0.742. The monoisotopic (exact) mass is 197 g/mol. The highest BCUT2D eigenvalue weighted by Crippen LogP contribution is 2.23. The molecular weight excluding hydrogens is 174 g/mol. The SMILES string of the molecule is CC(C)CC1CCC(=NCCN)N1C. The summed E-state index contributed by atoms with van der Waals surface area (Å²) in [6, 6.07) is 0.700. The topological polar surface area (TPSA) is 41.6 Å². The lowest BCUT2D eigenvalue weighted by molar-refractivity contribution is 0.333. The molecule has 2 N–H and O–H groups in total. The number of amidine groups is 1. The summed E-state index contributed by atoms with van der Waals surface area (Å²) < 4.78 is 0. The van der Waals surface area contributed by atoms with E-state index in [0.717, 1.165) is 18.9 Å². The van der Waals surface area contributed by atoms with Crippen molar-refractivity contribution in [1.82, 2.24) is 4.90 Å². The molecule has 82 valence electrons. The minimum Gasteiger partial charge on any atom is -0.360 e. The molecule has 1 unspecified atom stereocenters. The van der Waals surface area contributed by atoms with E-state index < -0.39 is 0 Å². The summed E-state index contributed by atoms with van der Waals surface area (Å²) in [4.78, 5) is 6.84. The van der Waals surface area contributed by atoms with Gasteiger partial charge in [0.1, 0.15) is 0 Å². The molecule has 0 aromatic carbocycles. The number of hydrogen-bond donors (Lipinski definition) is 1. The van der Waals surface area contributed by atoms with E-state index in [0.29, 0.717) is 12.6 Å². The lowest BCUT2D eigenvalue weighted by atomic mass is 10.0. The molecule has 0 saturated carbocycles. The van der Waals surface area contributed by atoms with Crippen LogP contribution in [0.15, 0.2) is 4.99 Å². The minimum absolute atomic E-state index is 0.659. The third-order valence-corrected chi connectivity index (χ3v) is 2.82.